The highest BCUT2D eigenvalue weighted by atomic mass is 32.2. The Kier molecular flexibility index (Phi) is 5.92. The first-order valence-corrected chi connectivity index (χ1v) is 10.8. The molecule has 0 saturated carbocycles. The van der Waals surface area contributed by atoms with Gasteiger partial charge in [0.1, 0.15) is 11.4 Å². The quantitative estimate of drug-likeness (QED) is 0.447. The minimum atomic E-state index is -0.130. The number of hydrogen-bond acceptors (Lipinski definition) is 7. The standard InChI is InChI=1S/C21H17N5OS2/c1-14(27)22-20-23-17(12-28-20)13-29-21-24-18(15-8-4-2-5-9-15)19(25-26-21)16-10-6-3-7-11-16/h2-12H,13H2,1H3,(H,22,23,27). The summed E-state index contributed by atoms with van der Waals surface area (Å²) >= 11 is 2.87. The van der Waals surface area contributed by atoms with Crippen LogP contribution in [0.4, 0.5) is 5.13 Å². The second kappa shape index (κ2) is 8.93. The van der Waals surface area contributed by atoms with Gasteiger partial charge in [-0.25, -0.2) is 9.97 Å². The summed E-state index contributed by atoms with van der Waals surface area (Å²) < 4.78 is 0. The topological polar surface area (TPSA) is 80.7 Å². The molecule has 4 rings (SSSR count). The number of aromatic nitrogens is 4. The van der Waals surface area contributed by atoms with Crippen molar-refractivity contribution in [2.24, 2.45) is 0 Å². The number of rotatable bonds is 6. The van der Waals surface area contributed by atoms with Crippen LogP contribution in [-0.4, -0.2) is 26.1 Å². The van der Waals surface area contributed by atoms with Gasteiger partial charge < -0.3 is 5.32 Å². The lowest BCUT2D eigenvalue weighted by atomic mass is 10.0. The molecule has 8 heteroatoms. The molecule has 29 heavy (non-hydrogen) atoms. The highest BCUT2D eigenvalue weighted by Crippen LogP contribution is 2.30. The molecule has 0 atom stereocenters. The van der Waals surface area contributed by atoms with E-state index in [1.807, 2.05) is 66.0 Å². The van der Waals surface area contributed by atoms with Gasteiger partial charge in [-0.2, -0.15) is 0 Å². The van der Waals surface area contributed by atoms with Crippen molar-refractivity contribution in [2.75, 3.05) is 5.32 Å². The van der Waals surface area contributed by atoms with Crippen LogP contribution in [0.25, 0.3) is 22.5 Å². The van der Waals surface area contributed by atoms with Crippen LogP contribution in [0.3, 0.4) is 0 Å². The van der Waals surface area contributed by atoms with Gasteiger partial charge in [0.25, 0.3) is 0 Å². The molecule has 6 nitrogen and oxygen atoms in total. The molecule has 4 aromatic rings. The average molecular weight is 420 g/mol. The Balaban J connectivity index is 1.60. The number of benzene rings is 2. The predicted molar refractivity (Wildman–Crippen MR) is 117 cm³/mol. The number of thioether (sulfide) groups is 1. The molecule has 2 heterocycles. The monoisotopic (exact) mass is 419 g/mol. The zero-order valence-corrected chi connectivity index (χ0v) is 17.2. The lowest BCUT2D eigenvalue weighted by Crippen LogP contribution is -2.05. The largest absolute Gasteiger partial charge is 0.302 e. The van der Waals surface area contributed by atoms with E-state index in [-0.39, 0.29) is 5.91 Å². The van der Waals surface area contributed by atoms with E-state index >= 15 is 0 Å². The molecule has 1 amide bonds. The Hall–Kier alpha value is -3.10. The van der Waals surface area contributed by atoms with E-state index in [1.54, 1.807) is 0 Å². The van der Waals surface area contributed by atoms with Crippen molar-refractivity contribution < 1.29 is 4.79 Å². The van der Waals surface area contributed by atoms with Crippen molar-refractivity contribution in [3.63, 3.8) is 0 Å². The molecular weight excluding hydrogens is 402 g/mol. The molecule has 1 N–H and O–H groups in total. The lowest BCUT2D eigenvalue weighted by molar-refractivity contribution is -0.114. The first kappa shape index (κ1) is 19.2. The molecule has 0 unspecified atom stereocenters. The van der Waals surface area contributed by atoms with Crippen molar-refractivity contribution in [3.8, 4) is 22.5 Å². The summed E-state index contributed by atoms with van der Waals surface area (Å²) in [6, 6.07) is 19.9. The molecule has 0 aliphatic carbocycles. The number of carbonyl (C=O) groups excluding carboxylic acids is 1. The van der Waals surface area contributed by atoms with Crippen molar-refractivity contribution >= 4 is 34.1 Å². The average Bonchev–Trinajstić information content (AvgIpc) is 3.20. The fourth-order valence-corrected chi connectivity index (χ4v) is 4.22. The summed E-state index contributed by atoms with van der Waals surface area (Å²) in [6.07, 6.45) is 0. The highest BCUT2D eigenvalue weighted by Gasteiger charge is 2.14. The molecule has 144 valence electrons. The Morgan fingerprint density at radius 2 is 1.59 bits per heavy atom. The van der Waals surface area contributed by atoms with Crippen molar-refractivity contribution in [3.05, 3.63) is 71.7 Å². The third-order valence-corrected chi connectivity index (χ3v) is 5.62. The van der Waals surface area contributed by atoms with E-state index in [0.717, 1.165) is 28.2 Å². The normalized spacial score (nSPS) is 10.7. The molecule has 0 fully saturated rings. The van der Waals surface area contributed by atoms with Crippen LogP contribution in [0, 0.1) is 0 Å². The van der Waals surface area contributed by atoms with Crippen LogP contribution in [0.15, 0.2) is 71.2 Å². The Labute approximate surface area is 176 Å². The number of anilines is 1. The van der Waals surface area contributed by atoms with Gasteiger partial charge in [0, 0.05) is 29.2 Å². The van der Waals surface area contributed by atoms with Crippen molar-refractivity contribution in [1.82, 2.24) is 20.2 Å². The first-order chi connectivity index (χ1) is 14.2. The summed E-state index contributed by atoms with van der Waals surface area (Å²) in [6.45, 7) is 1.47. The molecule has 0 saturated heterocycles. The molecular formula is C21H17N5OS2. The second-order valence-corrected chi connectivity index (χ2v) is 7.94. The van der Waals surface area contributed by atoms with Gasteiger partial charge in [0.2, 0.25) is 11.1 Å². The van der Waals surface area contributed by atoms with E-state index in [0.29, 0.717) is 16.0 Å². The van der Waals surface area contributed by atoms with E-state index in [1.165, 1.54) is 30.0 Å². The SMILES string of the molecule is CC(=O)Nc1nc(CSc2nnc(-c3ccccc3)c(-c3ccccc3)n2)cs1. The fraction of sp³-hybridized carbons (Fsp3) is 0.0952. The predicted octanol–water partition coefficient (Wildman–Crippen LogP) is 4.91. The summed E-state index contributed by atoms with van der Waals surface area (Å²) in [5.74, 6) is 0.464. The first-order valence-electron chi connectivity index (χ1n) is 8.89. The maximum absolute atomic E-state index is 11.1. The van der Waals surface area contributed by atoms with Gasteiger partial charge in [-0.1, -0.05) is 72.4 Å². The van der Waals surface area contributed by atoms with Crippen LogP contribution in [0.1, 0.15) is 12.6 Å². The number of amides is 1. The minimum absolute atomic E-state index is 0.130. The smallest absolute Gasteiger partial charge is 0.223 e. The highest BCUT2D eigenvalue weighted by molar-refractivity contribution is 7.98. The summed E-state index contributed by atoms with van der Waals surface area (Å²) in [4.78, 5) is 20.3. The van der Waals surface area contributed by atoms with Gasteiger partial charge in [0.05, 0.1) is 5.69 Å². The van der Waals surface area contributed by atoms with Crippen LogP contribution in [0.5, 0.6) is 0 Å². The molecule has 0 aliphatic heterocycles. The van der Waals surface area contributed by atoms with Crippen LogP contribution in [0.2, 0.25) is 0 Å². The molecule has 0 radical (unpaired) electrons. The number of hydrogen-bond donors (Lipinski definition) is 1. The molecule has 0 bridgehead atoms. The summed E-state index contributed by atoms with van der Waals surface area (Å²) in [7, 11) is 0. The number of thiazole rings is 1. The Morgan fingerprint density at radius 1 is 0.931 bits per heavy atom. The van der Waals surface area contributed by atoms with Gasteiger partial charge in [0.15, 0.2) is 5.13 Å². The van der Waals surface area contributed by atoms with Gasteiger partial charge in [-0.3, -0.25) is 4.79 Å². The third kappa shape index (κ3) is 4.85. The van der Waals surface area contributed by atoms with Gasteiger partial charge in [-0.05, 0) is 0 Å². The zero-order valence-electron chi connectivity index (χ0n) is 15.6. The Bertz CT molecular complexity index is 1120. The van der Waals surface area contributed by atoms with Crippen LogP contribution >= 0.6 is 23.1 Å². The fourth-order valence-electron chi connectivity index (χ4n) is 2.68. The summed E-state index contributed by atoms with van der Waals surface area (Å²) in [5, 5.41) is 14.6. The number of carbonyl (C=O) groups is 1. The van der Waals surface area contributed by atoms with E-state index < -0.39 is 0 Å². The maximum Gasteiger partial charge on any atom is 0.223 e. The minimum Gasteiger partial charge on any atom is -0.302 e. The molecule has 2 aromatic carbocycles. The van der Waals surface area contributed by atoms with Gasteiger partial charge in [-0.15, -0.1) is 21.5 Å². The zero-order chi connectivity index (χ0) is 20.1. The lowest BCUT2D eigenvalue weighted by Gasteiger charge is -2.09. The number of nitrogens with one attached hydrogen (secondary N) is 1. The van der Waals surface area contributed by atoms with Gasteiger partial charge >= 0.3 is 0 Å². The van der Waals surface area contributed by atoms with Crippen molar-refractivity contribution in [1.29, 1.82) is 0 Å². The van der Waals surface area contributed by atoms with E-state index in [9.17, 15) is 4.79 Å². The molecule has 2 aromatic heterocycles. The maximum atomic E-state index is 11.1. The molecule has 0 aliphatic rings. The molecule has 0 spiro atoms. The third-order valence-electron chi connectivity index (χ3n) is 3.95. The van der Waals surface area contributed by atoms with Crippen LogP contribution < -0.4 is 5.32 Å². The van der Waals surface area contributed by atoms with Crippen molar-refractivity contribution in [2.45, 2.75) is 17.8 Å². The van der Waals surface area contributed by atoms with E-state index in [4.69, 9.17) is 4.98 Å². The van der Waals surface area contributed by atoms with E-state index in [2.05, 4.69) is 20.5 Å². The number of nitrogens with zero attached hydrogens (tertiary/aromatic N) is 4. The summed E-state index contributed by atoms with van der Waals surface area (Å²) in [5.41, 5.74) is 4.38. The second-order valence-electron chi connectivity index (χ2n) is 6.14. The van der Waals surface area contributed by atoms with Crippen LogP contribution in [-0.2, 0) is 10.5 Å². The Morgan fingerprint density at radius 3 is 2.24 bits per heavy atom.